The summed E-state index contributed by atoms with van der Waals surface area (Å²) < 4.78 is 38.3. The van der Waals surface area contributed by atoms with E-state index < -0.39 is 17.8 Å². The van der Waals surface area contributed by atoms with Crippen molar-refractivity contribution in [2.24, 2.45) is 0 Å². The van der Waals surface area contributed by atoms with Crippen molar-refractivity contribution in [3.63, 3.8) is 0 Å². The average molecular weight is 241 g/mol. The van der Waals surface area contributed by atoms with Gasteiger partial charge in [0, 0.05) is 11.6 Å². The maximum atomic E-state index is 12.8. The number of hydrogen-bond acceptors (Lipinski definition) is 2. The standard InChI is InChI=1S/C12H10F3NO/c1-7(17)11-9-3-2-4-10(12(13,14)15)8(9)5-6-16-11/h2-7,17H,1H3. The zero-order valence-corrected chi connectivity index (χ0v) is 8.99. The quantitative estimate of drug-likeness (QED) is 0.830. The molecular formula is C12H10F3NO. The summed E-state index contributed by atoms with van der Waals surface area (Å²) in [7, 11) is 0. The minimum atomic E-state index is -4.41. The molecule has 5 heteroatoms. The number of aromatic nitrogens is 1. The number of pyridine rings is 1. The van der Waals surface area contributed by atoms with Crippen LogP contribution >= 0.6 is 0 Å². The van der Waals surface area contributed by atoms with E-state index in [0.29, 0.717) is 5.39 Å². The van der Waals surface area contributed by atoms with Crippen LogP contribution in [0.1, 0.15) is 24.3 Å². The second kappa shape index (κ2) is 4.00. The van der Waals surface area contributed by atoms with Gasteiger partial charge in [-0.1, -0.05) is 12.1 Å². The molecule has 0 bridgehead atoms. The van der Waals surface area contributed by atoms with Crippen molar-refractivity contribution in [3.8, 4) is 0 Å². The molecular weight excluding hydrogens is 231 g/mol. The minimum Gasteiger partial charge on any atom is -0.387 e. The summed E-state index contributed by atoms with van der Waals surface area (Å²) in [4.78, 5) is 3.91. The molecule has 0 fully saturated rings. The van der Waals surface area contributed by atoms with Crippen LogP contribution in [0.3, 0.4) is 0 Å². The Morgan fingerprint density at radius 1 is 1.18 bits per heavy atom. The van der Waals surface area contributed by atoms with Gasteiger partial charge in [0.1, 0.15) is 0 Å². The zero-order chi connectivity index (χ0) is 12.6. The fourth-order valence-electron chi connectivity index (χ4n) is 1.81. The number of aliphatic hydroxyl groups is 1. The average Bonchev–Trinajstić information content (AvgIpc) is 2.26. The number of nitrogens with zero attached hydrogens (tertiary/aromatic N) is 1. The van der Waals surface area contributed by atoms with Crippen molar-refractivity contribution in [3.05, 3.63) is 41.7 Å². The molecule has 2 nitrogen and oxygen atoms in total. The lowest BCUT2D eigenvalue weighted by Gasteiger charge is -2.13. The maximum Gasteiger partial charge on any atom is 0.417 e. The highest BCUT2D eigenvalue weighted by atomic mass is 19.4. The fourth-order valence-corrected chi connectivity index (χ4v) is 1.81. The highest BCUT2D eigenvalue weighted by molar-refractivity contribution is 5.88. The summed E-state index contributed by atoms with van der Waals surface area (Å²) in [6.45, 7) is 1.47. The molecule has 1 N–H and O–H groups in total. The highest BCUT2D eigenvalue weighted by Crippen LogP contribution is 2.35. The highest BCUT2D eigenvalue weighted by Gasteiger charge is 2.32. The van der Waals surface area contributed by atoms with Gasteiger partial charge in [-0.3, -0.25) is 4.98 Å². The van der Waals surface area contributed by atoms with Gasteiger partial charge in [0.25, 0.3) is 0 Å². The Morgan fingerprint density at radius 2 is 1.88 bits per heavy atom. The SMILES string of the molecule is CC(O)c1nccc2c(C(F)(F)F)cccc12. The smallest absolute Gasteiger partial charge is 0.387 e. The van der Waals surface area contributed by atoms with Gasteiger partial charge in [-0.25, -0.2) is 0 Å². The second-order valence-electron chi connectivity index (χ2n) is 3.77. The Morgan fingerprint density at radius 3 is 2.47 bits per heavy atom. The first-order valence-corrected chi connectivity index (χ1v) is 5.04. The predicted octanol–water partition coefficient (Wildman–Crippen LogP) is 3.31. The lowest BCUT2D eigenvalue weighted by Crippen LogP contribution is -2.07. The Balaban J connectivity index is 2.79. The molecule has 0 saturated heterocycles. The Bertz CT molecular complexity index is 549. The summed E-state index contributed by atoms with van der Waals surface area (Å²) >= 11 is 0. The van der Waals surface area contributed by atoms with E-state index in [1.807, 2.05) is 0 Å². The molecule has 1 atom stereocenters. The Kier molecular flexibility index (Phi) is 2.79. The molecule has 1 aromatic carbocycles. The molecule has 0 saturated carbocycles. The zero-order valence-electron chi connectivity index (χ0n) is 8.99. The van der Waals surface area contributed by atoms with Gasteiger partial charge in [-0.15, -0.1) is 0 Å². The molecule has 0 aliphatic carbocycles. The predicted molar refractivity (Wildman–Crippen MR) is 57.4 cm³/mol. The number of aliphatic hydroxyl groups excluding tert-OH is 1. The van der Waals surface area contributed by atoms with E-state index in [1.165, 1.54) is 31.3 Å². The van der Waals surface area contributed by atoms with Gasteiger partial charge in [-0.05, 0) is 24.4 Å². The molecule has 1 heterocycles. The van der Waals surface area contributed by atoms with Crippen LogP contribution in [0.25, 0.3) is 10.8 Å². The normalized spacial score (nSPS) is 13.9. The summed E-state index contributed by atoms with van der Waals surface area (Å²) in [6, 6.07) is 5.18. The van der Waals surface area contributed by atoms with E-state index in [1.54, 1.807) is 0 Å². The van der Waals surface area contributed by atoms with Crippen molar-refractivity contribution in [1.82, 2.24) is 4.98 Å². The molecule has 17 heavy (non-hydrogen) atoms. The number of halogens is 3. The lowest BCUT2D eigenvalue weighted by molar-refractivity contribution is -0.136. The van der Waals surface area contributed by atoms with Crippen molar-refractivity contribution in [2.45, 2.75) is 19.2 Å². The molecule has 0 amide bonds. The van der Waals surface area contributed by atoms with Crippen LogP contribution in [0.15, 0.2) is 30.5 Å². The summed E-state index contributed by atoms with van der Waals surface area (Å²) in [6.07, 6.45) is -4.03. The number of hydrogen-bond donors (Lipinski definition) is 1. The lowest BCUT2D eigenvalue weighted by atomic mass is 10.0. The van der Waals surface area contributed by atoms with Gasteiger partial charge in [0.15, 0.2) is 0 Å². The first kappa shape index (κ1) is 11.9. The van der Waals surface area contributed by atoms with Crippen LogP contribution in [-0.2, 0) is 6.18 Å². The maximum absolute atomic E-state index is 12.8. The topological polar surface area (TPSA) is 33.1 Å². The van der Waals surface area contributed by atoms with E-state index in [0.717, 1.165) is 6.07 Å². The molecule has 2 aromatic rings. The molecule has 0 spiro atoms. The van der Waals surface area contributed by atoms with Crippen LogP contribution < -0.4 is 0 Å². The number of benzene rings is 1. The van der Waals surface area contributed by atoms with Crippen LogP contribution in [0.2, 0.25) is 0 Å². The minimum absolute atomic E-state index is 0.0610. The monoisotopic (exact) mass is 241 g/mol. The van der Waals surface area contributed by atoms with Gasteiger partial charge < -0.3 is 5.11 Å². The van der Waals surface area contributed by atoms with Crippen LogP contribution in [0.4, 0.5) is 13.2 Å². The van der Waals surface area contributed by atoms with Gasteiger partial charge in [0.05, 0.1) is 17.4 Å². The third-order valence-electron chi connectivity index (χ3n) is 2.54. The Hall–Kier alpha value is -1.62. The summed E-state index contributed by atoms with van der Waals surface area (Å²) in [5.74, 6) is 0. The first-order valence-electron chi connectivity index (χ1n) is 5.04. The molecule has 0 aliphatic heterocycles. The van der Waals surface area contributed by atoms with E-state index in [4.69, 9.17) is 0 Å². The molecule has 0 aliphatic rings. The van der Waals surface area contributed by atoms with Crippen LogP contribution in [0, 0.1) is 0 Å². The third kappa shape index (κ3) is 2.10. The molecule has 1 unspecified atom stereocenters. The first-order chi connectivity index (χ1) is 7.91. The summed E-state index contributed by atoms with van der Waals surface area (Å²) in [5, 5.41) is 9.86. The molecule has 90 valence electrons. The van der Waals surface area contributed by atoms with Gasteiger partial charge in [0.2, 0.25) is 0 Å². The van der Waals surface area contributed by atoms with Gasteiger partial charge >= 0.3 is 6.18 Å². The van der Waals surface area contributed by atoms with E-state index in [2.05, 4.69) is 4.98 Å². The molecule has 2 rings (SSSR count). The molecule has 1 aromatic heterocycles. The Labute approximate surface area is 95.7 Å². The largest absolute Gasteiger partial charge is 0.417 e. The van der Waals surface area contributed by atoms with Crippen LogP contribution in [-0.4, -0.2) is 10.1 Å². The molecule has 0 radical (unpaired) electrons. The van der Waals surface area contributed by atoms with E-state index in [9.17, 15) is 18.3 Å². The number of rotatable bonds is 1. The summed E-state index contributed by atoms with van der Waals surface area (Å²) in [5.41, 5.74) is -0.451. The van der Waals surface area contributed by atoms with Crippen LogP contribution in [0.5, 0.6) is 0 Å². The van der Waals surface area contributed by atoms with E-state index >= 15 is 0 Å². The number of alkyl halides is 3. The van der Waals surface area contributed by atoms with Crippen molar-refractivity contribution < 1.29 is 18.3 Å². The van der Waals surface area contributed by atoms with E-state index in [-0.39, 0.29) is 11.1 Å². The fraction of sp³-hybridized carbons (Fsp3) is 0.250. The van der Waals surface area contributed by atoms with Crippen molar-refractivity contribution >= 4 is 10.8 Å². The van der Waals surface area contributed by atoms with Gasteiger partial charge in [-0.2, -0.15) is 13.2 Å². The number of fused-ring (bicyclic) bond motifs is 1. The van der Waals surface area contributed by atoms with Crippen molar-refractivity contribution in [1.29, 1.82) is 0 Å². The second-order valence-corrected chi connectivity index (χ2v) is 3.77. The third-order valence-corrected chi connectivity index (χ3v) is 2.54. The van der Waals surface area contributed by atoms with Crippen molar-refractivity contribution in [2.75, 3.05) is 0 Å².